The fraction of sp³-hybridized carbons (Fsp3) is 0.200. The predicted molar refractivity (Wildman–Crippen MR) is 28.1 cm³/mol. The molecule has 0 aliphatic heterocycles. The second-order valence-electron chi connectivity index (χ2n) is 1.30. The number of aliphatic carboxylic acids is 2. The molecule has 0 aliphatic carbocycles. The van der Waals surface area contributed by atoms with E-state index in [1.54, 1.807) is 0 Å². The molecule has 0 fully saturated rings. The number of carbonyl (C=O) groups is 3. The maximum atomic E-state index is 9.97. The third-order valence-electron chi connectivity index (χ3n) is 0.550. The van der Waals surface area contributed by atoms with Crippen molar-refractivity contribution in [2.45, 2.75) is 6.42 Å². The molecule has 0 heterocycles. The van der Waals surface area contributed by atoms with Gasteiger partial charge in [0, 0.05) is 7.43 Å². The van der Waals surface area contributed by atoms with E-state index in [4.69, 9.17) is 10.2 Å². The van der Waals surface area contributed by atoms with Gasteiger partial charge in [0.1, 0.15) is 6.42 Å². The summed E-state index contributed by atoms with van der Waals surface area (Å²) >= 11 is 0. The van der Waals surface area contributed by atoms with Crippen LogP contribution in [0.4, 0.5) is 0 Å². The second-order valence-corrected chi connectivity index (χ2v) is 1.30. The summed E-state index contributed by atoms with van der Waals surface area (Å²) in [5.41, 5.74) is 0. The molecule has 2 N–H and O–H groups in total. The first-order valence-electron chi connectivity index (χ1n) is 2.02. The van der Waals surface area contributed by atoms with Crippen LogP contribution in [0.3, 0.4) is 0 Å². The van der Waals surface area contributed by atoms with E-state index in [2.05, 4.69) is 0 Å². The highest BCUT2D eigenvalue weighted by atomic mass is 16.4. The first-order chi connectivity index (χ1) is 4.04. The van der Waals surface area contributed by atoms with E-state index in [0.717, 1.165) is 0 Å². The van der Waals surface area contributed by atoms with E-state index in [1.165, 1.54) is 0 Å². The van der Waals surface area contributed by atoms with Crippen LogP contribution < -0.4 is 0 Å². The Hall–Kier alpha value is -1.39. The average Bonchev–Trinajstić information content (AvgIpc) is 1.63. The molecule has 0 aliphatic rings. The summed E-state index contributed by atoms with van der Waals surface area (Å²) in [4.78, 5) is 29.2. The van der Waals surface area contributed by atoms with Crippen molar-refractivity contribution in [1.29, 1.82) is 0 Å². The van der Waals surface area contributed by atoms with Crippen LogP contribution in [-0.4, -0.2) is 27.9 Å². The van der Waals surface area contributed by atoms with Gasteiger partial charge in [-0.2, -0.15) is 0 Å². The average molecular weight is 144 g/mol. The molecule has 0 aromatic rings. The van der Waals surface area contributed by atoms with Crippen molar-refractivity contribution in [2.24, 2.45) is 0 Å². The minimum atomic E-state index is -1.71. The van der Waals surface area contributed by atoms with Crippen molar-refractivity contribution in [3.8, 4) is 0 Å². The molecule has 5 nitrogen and oxygen atoms in total. The molecule has 5 heteroatoms. The summed E-state index contributed by atoms with van der Waals surface area (Å²) < 4.78 is 0. The Morgan fingerprint density at radius 1 is 1.10 bits per heavy atom. The third kappa shape index (κ3) is 4.76. The van der Waals surface area contributed by atoms with Gasteiger partial charge >= 0.3 is 11.9 Å². The summed E-state index contributed by atoms with van der Waals surface area (Å²) in [6.07, 6.45) is -0.949. The Balaban J connectivity index is 0. The normalized spacial score (nSPS) is 7.60. The van der Waals surface area contributed by atoms with E-state index in [1.807, 2.05) is 0 Å². The third-order valence-corrected chi connectivity index (χ3v) is 0.550. The number of carbonyl (C=O) groups excluding carboxylic acids is 1. The van der Waals surface area contributed by atoms with Gasteiger partial charge < -0.3 is 10.2 Å². The molecule has 0 aromatic heterocycles. The zero-order valence-electron chi connectivity index (χ0n) is 4.83. The highest BCUT2D eigenvalue weighted by Gasteiger charge is 2.14. The van der Waals surface area contributed by atoms with Crippen molar-refractivity contribution >= 4 is 17.7 Å². The molecule has 0 amide bonds. The lowest BCUT2D eigenvalue weighted by atomic mass is 10.3. The summed E-state index contributed by atoms with van der Waals surface area (Å²) in [7, 11) is 0. The first kappa shape index (κ1) is 11.4. The Morgan fingerprint density at radius 3 is 1.60 bits per heavy atom. The highest BCUT2D eigenvalue weighted by Crippen LogP contribution is 1.81. The maximum Gasteiger partial charge on any atom is 0.372 e. The van der Waals surface area contributed by atoms with Gasteiger partial charge in [0.05, 0.1) is 0 Å². The largest absolute Gasteiger partial charge is 0.481 e. The van der Waals surface area contributed by atoms with Gasteiger partial charge in [-0.3, -0.25) is 9.59 Å². The lowest BCUT2D eigenvalue weighted by molar-refractivity contribution is -0.152. The Bertz CT molecular complexity index is 159. The maximum absolute atomic E-state index is 9.97. The zero-order valence-corrected chi connectivity index (χ0v) is 4.83. The van der Waals surface area contributed by atoms with E-state index >= 15 is 0 Å². The Morgan fingerprint density at radius 2 is 1.50 bits per heavy atom. The minimum Gasteiger partial charge on any atom is -0.481 e. The monoisotopic (exact) mass is 144 g/mol. The van der Waals surface area contributed by atoms with Gasteiger partial charge in [-0.15, -0.1) is 0 Å². The highest BCUT2D eigenvalue weighted by molar-refractivity contribution is 6.35. The van der Waals surface area contributed by atoms with Crippen LogP contribution in [0.1, 0.15) is 6.42 Å². The lowest BCUT2D eigenvalue weighted by Gasteiger charge is -1.85. The number of ketones is 1. The van der Waals surface area contributed by atoms with Gasteiger partial charge in [0.25, 0.3) is 5.78 Å². The fourth-order valence-electron chi connectivity index (χ4n) is 0.213. The number of rotatable bonds is 3. The SMILES string of the molecule is O=C(O)CC(=O)C(=O)O.[C]. The van der Waals surface area contributed by atoms with E-state index < -0.39 is 24.1 Å². The molecular weight excluding hydrogens is 140 g/mol. The zero-order chi connectivity index (χ0) is 7.44. The standard InChI is InChI=1S/C4H4O5.C/c5-2(4(8)9)1-3(6)7;/h1H2,(H,6,7)(H,8,9);. The molecule has 0 saturated carbocycles. The van der Waals surface area contributed by atoms with Gasteiger partial charge in [-0.1, -0.05) is 0 Å². The summed E-state index contributed by atoms with van der Waals surface area (Å²) in [6.45, 7) is 0. The molecule has 0 saturated heterocycles. The smallest absolute Gasteiger partial charge is 0.372 e. The number of hydrogen-bond donors (Lipinski definition) is 2. The van der Waals surface area contributed by atoms with Crippen molar-refractivity contribution in [2.75, 3.05) is 0 Å². The minimum absolute atomic E-state index is 0. The van der Waals surface area contributed by atoms with Gasteiger partial charge in [0.15, 0.2) is 0 Å². The first-order valence-corrected chi connectivity index (χ1v) is 2.02. The Kier molecular flexibility index (Phi) is 5.12. The molecule has 4 radical (unpaired) electrons. The van der Waals surface area contributed by atoms with Crippen LogP contribution >= 0.6 is 0 Å². The summed E-state index contributed by atoms with van der Waals surface area (Å²) in [6, 6.07) is 0. The second kappa shape index (κ2) is 4.49. The molecule has 0 atom stereocenters. The number of Topliss-reactive ketones (excluding diaryl/α,β-unsaturated/α-hetero) is 1. The van der Waals surface area contributed by atoms with E-state index in [0.29, 0.717) is 0 Å². The fourth-order valence-corrected chi connectivity index (χ4v) is 0.213. The van der Waals surface area contributed by atoms with Crippen LogP contribution in [0.2, 0.25) is 0 Å². The molecule has 54 valence electrons. The van der Waals surface area contributed by atoms with Crippen LogP contribution in [0.15, 0.2) is 0 Å². The molecule has 0 bridgehead atoms. The van der Waals surface area contributed by atoms with Crippen LogP contribution in [0.5, 0.6) is 0 Å². The molecule has 0 unspecified atom stereocenters. The molecule has 10 heavy (non-hydrogen) atoms. The van der Waals surface area contributed by atoms with Crippen LogP contribution in [0.25, 0.3) is 0 Å². The van der Waals surface area contributed by atoms with Crippen molar-refractivity contribution in [3.63, 3.8) is 0 Å². The summed E-state index contributed by atoms with van der Waals surface area (Å²) in [5.74, 6) is -4.44. The van der Waals surface area contributed by atoms with Gasteiger partial charge in [-0.05, 0) is 0 Å². The van der Waals surface area contributed by atoms with Crippen LogP contribution in [0, 0.1) is 7.43 Å². The number of carboxylic acids is 2. The van der Waals surface area contributed by atoms with Crippen molar-refractivity contribution in [3.05, 3.63) is 7.43 Å². The number of hydrogen-bond acceptors (Lipinski definition) is 3. The van der Waals surface area contributed by atoms with Crippen molar-refractivity contribution < 1.29 is 24.6 Å². The summed E-state index contributed by atoms with van der Waals surface area (Å²) in [5, 5.41) is 15.7. The predicted octanol–water partition coefficient (Wildman–Crippen LogP) is -0.804. The topological polar surface area (TPSA) is 91.7 Å². The van der Waals surface area contributed by atoms with Crippen LogP contribution in [-0.2, 0) is 14.4 Å². The van der Waals surface area contributed by atoms with E-state index in [-0.39, 0.29) is 7.43 Å². The van der Waals surface area contributed by atoms with Crippen molar-refractivity contribution in [1.82, 2.24) is 0 Å². The molecule has 0 spiro atoms. The molecule has 0 rings (SSSR count). The molecular formula is C5H4O5. The van der Waals surface area contributed by atoms with Gasteiger partial charge in [0.2, 0.25) is 0 Å². The van der Waals surface area contributed by atoms with Gasteiger partial charge in [-0.25, -0.2) is 4.79 Å². The number of carboxylic acid groups (broad SMARTS) is 2. The molecule has 0 aromatic carbocycles. The van der Waals surface area contributed by atoms with E-state index in [9.17, 15) is 14.4 Å². The lowest BCUT2D eigenvalue weighted by Crippen LogP contribution is -2.16. The quantitative estimate of drug-likeness (QED) is 0.399. The Labute approximate surface area is 57.3 Å².